The van der Waals surface area contributed by atoms with Gasteiger partial charge in [0.1, 0.15) is 11.5 Å². The van der Waals surface area contributed by atoms with Crippen molar-refractivity contribution in [3.05, 3.63) is 22.8 Å². The quantitative estimate of drug-likeness (QED) is 0.842. The van der Waals surface area contributed by atoms with E-state index in [1.54, 1.807) is 13.2 Å². The second kappa shape index (κ2) is 5.24. The first kappa shape index (κ1) is 13.9. The van der Waals surface area contributed by atoms with Crippen LogP contribution in [0.5, 0.6) is 11.5 Å². The van der Waals surface area contributed by atoms with Crippen molar-refractivity contribution < 1.29 is 14.6 Å². The molecule has 0 spiro atoms. The lowest BCUT2D eigenvalue weighted by Crippen LogP contribution is -2.19. The molecule has 0 aromatic heterocycles. The van der Waals surface area contributed by atoms with E-state index in [1.165, 1.54) is 0 Å². The Hall–Kier alpha value is -1.51. The van der Waals surface area contributed by atoms with Gasteiger partial charge in [-0.15, -0.1) is 0 Å². The number of rotatable bonds is 3. The number of carbonyl (C=O) groups is 1. The summed E-state index contributed by atoms with van der Waals surface area (Å²) < 4.78 is 5.44. The molecule has 1 aromatic rings. The molecule has 0 aliphatic heterocycles. The van der Waals surface area contributed by atoms with Gasteiger partial charge in [0.2, 0.25) is 0 Å². The van der Waals surface area contributed by atoms with E-state index in [4.69, 9.17) is 4.74 Å². The van der Waals surface area contributed by atoms with Gasteiger partial charge in [0.25, 0.3) is 0 Å². The van der Waals surface area contributed by atoms with Gasteiger partial charge < -0.3 is 9.84 Å². The van der Waals surface area contributed by atoms with Gasteiger partial charge in [-0.1, -0.05) is 20.8 Å². The molecule has 3 nitrogen and oxygen atoms in total. The topological polar surface area (TPSA) is 46.5 Å². The highest BCUT2D eigenvalue weighted by Crippen LogP contribution is 2.50. The van der Waals surface area contributed by atoms with E-state index in [-0.39, 0.29) is 5.75 Å². The molecule has 0 saturated carbocycles. The maximum Gasteiger partial charge on any atom is 0.153 e. The van der Waals surface area contributed by atoms with Crippen molar-refractivity contribution in [2.45, 2.75) is 45.4 Å². The van der Waals surface area contributed by atoms with Gasteiger partial charge in [0.15, 0.2) is 6.29 Å². The van der Waals surface area contributed by atoms with Gasteiger partial charge in [0, 0.05) is 11.1 Å². The largest absolute Gasteiger partial charge is 0.507 e. The normalized spacial score (nSPS) is 22.2. The number of phenols is 1. The van der Waals surface area contributed by atoms with E-state index >= 15 is 0 Å². The Labute approximate surface area is 114 Å². The van der Waals surface area contributed by atoms with E-state index in [0.717, 1.165) is 29.7 Å². The molecule has 0 amide bonds. The molecule has 0 bridgehead atoms. The molecule has 1 aliphatic carbocycles. The zero-order valence-electron chi connectivity index (χ0n) is 12.1. The van der Waals surface area contributed by atoms with Crippen LogP contribution >= 0.6 is 0 Å². The summed E-state index contributed by atoms with van der Waals surface area (Å²) in [7, 11) is 1.62. The van der Waals surface area contributed by atoms with Crippen LogP contribution in [0, 0.1) is 5.92 Å². The summed E-state index contributed by atoms with van der Waals surface area (Å²) in [6.45, 7) is 6.46. The fourth-order valence-electron chi connectivity index (χ4n) is 3.23. The number of phenolic OH excluding ortho intramolecular Hbond substituents is 1. The van der Waals surface area contributed by atoms with Crippen molar-refractivity contribution in [1.82, 2.24) is 0 Å². The maximum atomic E-state index is 11.1. The molecule has 0 heterocycles. The van der Waals surface area contributed by atoms with Gasteiger partial charge in [-0.05, 0) is 36.7 Å². The van der Waals surface area contributed by atoms with Crippen LogP contribution in [-0.4, -0.2) is 18.5 Å². The van der Waals surface area contributed by atoms with Crippen molar-refractivity contribution >= 4 is 6.29 Å². The third kappa shape index (κ3) is 2.22. The Bertz CT molecular complexity index is 491. The number of aldehydes is 1. The highest BCUT2D eigenvalue weighted by molar-refractivity contribution is 5.82. The number of methoxy groups -OCH3 is 1. The van der Waals surface area contributed by atoms with Crippen LogP contribution in [0.25, 0.3) is 0 Å². The molecule has 2 atom stereocenters. The SMILES string of the molecule is COc1cc(C=O)c(O)c2c1[C@@H](C)CC[C@@H]2C(C)C. The maximum absolute atomic E-state index is 11.1. The monoisotopic (exact) mass is 262 g/mol. The predicted octanol–water partition coefficient (Wildman–Crippen LogP) is 3.85. The zero-order valence-corrected chi connectivity index (χ0v) is 12.1. The molecule has 0 saturated heterocycles. The van der Waals surface area contributed by atoms with Crippen LogP contribution in [0.1, 0.15) is 66.9 Å². The fourth-order valence-corrected chi connectivity index (χ4v) is 3.23. The summed E-state index contributed by atoms with van der Waals surface area (Å²) in [5, 5.41) is 10.4. The summed E-state index contributed by atoms with van der Waals surface area (Å²) >= 11 is 0. The van der Waals surface area contributed by atoms with Crippen LogP contribution < -0.4 is 4.74 Å². The van der Waals surface area contributed by atoms with Gasteiger partial charge in [-0.3, -0.25) is 4.79 Å². The van der Waals surface area contributed by atoms with Crippen LogP contribution in [-0.2, 0) is 0 Å². The molecule has 1 aromatic carbocycles. The summed E-state index contributed by atoms with van der Waals surface area (Å²) in [6, 6.07) is 1.65. The Morgan fingerprint density at radius 2 is 2.05 bits per heavy atom. The molecule has 1 N–H and O–H groups in total. The van der Waals surface area contributed by atoms with E-state index in [0.29, 0.717) is 29.6 Å². The summed E-state index contributed by atoms with van der Waals surface area (Å²) in [5.41, 5.74) is 2.33. The van der Waals surface area contributed by atoms with Gasteiger partial charge in [0.05, 0.1) is 12.7 Å². The molecule has 104 valence electrons. The first-order chi connectivity index (χ1) is 9.01. The first-order valence-corrected chi connectivity index (χ1v) is 6.90. The lowest BCUT2D eigenvalue weighted by atomic mass is 9.72. The van der Waals surface area contributed by atoms with Crippen molar-refractivity contribution in [3.63, 3.8) is 0 Å². The Morgan fingerprint density at radius 3 is 2.58 bits per heavy atom. The number of ether oxygens (including phenoxy) is 1. The van der Waals surface area contributed by atoms with Crippen molar-refractivity contribution in [3.8, 4) is 11.5 Å². The molecule has 1 aliphatic rings. The second-order valence-electron chi connectivity index (χ2n) is 5.79. The molecule has 2 rings (SSSR count). The van der Waals surface area contributed by atoms with Crippen molar-refractivity contribution in [2.75, 3.05) is 7.11 Å². The summed E-state index contributed by atoms with van der Waals surface area (Å²) in [4.78, 5) is 11.1. The molecule has 0 fully saturated rings. The molecular weight excluding hydrogens is 240 g/mol. The highest BCUT2D eigenvalue weighted by Gasteiger charge is 2.33. The lowest BCUT2D eigenvalue weighted by Gasteiger charge is -2.34. The van der Waals surface area contributed by atoms with E-state index in [1.807, 2.05) is 0 Å². The average Bonchev–Trinajstić information content (AvgIpc) is 2.39. The van der Waals surface area contributed by atoms with Gasteiger partial charge in [-0.25, -0.2) is 0 Å². The van der Waals surface area contributed by atoms with Crippen LogP contribution in [0.2, 0.25) is 0 Å². The van der Waals surface area contributed by atoms with E-state index in [9.17, 15) is 9.90 Å². The average molecular weight is 262 g/mol. The molecule has 0 radical (unpaired) electrons. The van der Waals surface area contributed by atoms with Gasteiger partial charge in [-0.2, -0.15) is 0 Å². The van der Waals surface area contributed by atoms with Gasteiger partial charge >= 0.3 is 0 Å². The van der Waals surface area contributed by atoms with E-state index in [2.05, 4.69) is 20.8 Å². The van der Waals surface area contributed by atoms with Crippen molar-refractivity contribution in [1.29, 1.82) is 0 Å². The Kier molecular flexibility index (Phi) is 3.83. The third-order valence-electron chi connectivity index (χ3n) is 4.30. The summed E-state index contributed by atoms with van der Waals surface area (Å²) in [6.07, 6.45) is 2.84. The van der Waals surface area contributed by atoms with Crippen LogP contribution in [0.4, 0.5) is 0 Å². The smallest absolute Gasteiger partial charge is 0.153 e. The molecule has 19 heavy (non-hydrogen) atoms. The van der Waals surface area contributed by atoms with Crippen molar-refractivity contribution in [2.24, 2.45) is 5.92 Å². The summed E-state index contributed by atoms with van der Waals surface area (Å²) in [5.74, 6) is 1.96. The third-order valence-corrected chi connectivity index (χ3v) is 4.30. The minimum absolute atomic E-state index is 0.149. The lowest BCUT2D eigenvalue weighted by molar-refractivity contribution is 0.112. The Balaban J connectivity index is 2.73. The number of hydrogen-bond donors (Lipinski definition) is 1. The molecule has 3 heteroatoms. The van der Waals surface area contributed by atoms with Crippen LogP contribution in [0.15, 0.2) is 6.07 Å². The predicted molar refractivity (Wildman–Crippen MR) is 75.3 cm³/mol. The fraction of sp³-hybridized carbons (Fsp3) is 0.562. The highest BCUT2D eigenvalue weighted by atomic mass is 16.5. The first-order valence-electron chi connectivity index (χ1n) is 6.90. The number of aromatic hydroxyl groups is 1. The minimum atomic E-state index is 0.149. The number of benzene rings is 1. The Morgan fingerprint density at radius 1 is 1.37 bits per heavy atom. The van der Waals surface area contributed by atoms with E-state index < -0.39 is 0 Å². The van der Waals surface area contributed by atoms with Crippen LogP contribution in [0.3, 0.4) is 0 Å². The number of fused-ring (bicyclic) bond motifs is 1. The zero-order chi connectivity index (χ0) is 14.2. The second-order valence-corrected chi connectivity index (χ2v) is 5.79. The standard InChI is InChI=1S/C16H22O3/c1-9(2)12-6-5-10(3)14-13(19-4)7-11(8-17)16(18)15(12)14/h7-10,12,18H,5-6H2,1-4H3/t10-,12+/m0/s1. The number of hydrogen-bond acceptors (Lipinski definition) is 3. The minimum Gasteiger partial charge on any atom is -0.507 e. The number of carbonyl (C=O) groups excluding carboxylic acids is 1. The molecular formula is C16H22O3. The molecule has 0 unspecified atom stereocenters.